The molecule has 1 N–H and O–H groups in total. The number of anilines is 1. The Morgan fingerprint density at radius 1 is 1.21 bits per heavy atom. The van der Waals surface area contributed by atoms with E-state index in [-0.39, 0.29) is 0 Å². The van der Waals surface area contributed by atoms with Crippen molar-refractivity contribution in [1.82, 2.24) is 9.78 Å². The van der Waals surface area contributed by atoms with Gasteiger partial charge in [-0.1, -0.05) is 6.92 Å². The van der Waals surface area contributed by atoms with Gasteiger partial charge in [-0.05, 0) is 31.0 Å². The number of nitrogens with zero attached hydrogens (tertiary/aromatic N) is 2. The van der Waals surface area contributed by atoms with E-state index in [4.69, 9.17) is 0 Å². The maximum atomic E-state index is 13.1. The van der Waals surface area contributed by atoms with Crippen molar-refractivity contribution >= 4 is 5.69 Å². The van der Waals surface area contributed by atoms with Crippen molar-refractivity contribution < 1.29 is 8.78 Å². The van der Waals surface area contributed by atoms with E-state index in [1.165, 1.54) is 12.1 Å². The number of nitrogens with one attached hydrogen (secondary N) is 1. The third-order valence-electron chi connectivity index (χ3n) is 2.80. The summed E-state index contributed by atoms with van der Waals surface area (Å²) in [6.07, 6.45) is 2.92. The third kappa shape index (κ3) is 3.53. The molecular weight excluding hydrogens is 248 g/mol. The van der Waals surface area contributed by atoms with Crippen LogP contribution in [0.1, 0.15) is 24.6 Å². The Bertz CT molecular complexity index is 544. The molecule has 2 rings (SSSR count). The largest absolute Gasteiger partial charge is 0.378 e. The van der Waals surface area contributed by atoms with E-state index in [0.29, 0.717) is 12.1 Å². The smallest absolute Gasteiger partial charge is 0.126 e. The molecule has 1 aromatic carbocycles. The highest BCUT2D eigenvalue weighted by molar-refractivity contribution is 5.46. The van der Waals surface area contributed by atoms with Crippen molar-refractivity contribution in [3.05, 3.63) is 47.3 Å². The topological polar surface area (TPSA) is 29.9 Å². The molecule has 0 bridgehead atoms. The second-order valence-electron chi connectivity index (χ2n) is 4.52. The molecule has 0 spiro atoms. The van der Waals surface area contributed by atoms with E-state index in [1.54, 1.807) is 0 Å². The van der Waals surface area contributed by atoms with Crippen LogP contribution >= 0.6 is 0 Å². The second kappa shape index (κ2) is 5.82. The van der Waals surface area contributed by atoms with E-state index in [0.717, 1.165) is 30.4 Å². The molecular formula is C14H17F2N3. The van der Waals surface area contributed by atoms with Crippen molar-refractivity contribution in [1.29, 1.82) is 0 Å². The zero-order valence-corrected chi connectivity index (χ0v) is 11.1. The van der Waals surface area contributed by atoms with Crippen LogP contribution in [0.3, 0.4) is 0 Å². The lowest BCUT2D eigenvalue weighted by Crippen LogP contribution is -2.01. The molecule has 0 saturated carbocycles. The molecule has 0 aliphatic rings. The van der Waals surface area contributed by atoms with E-state index in [2.05, 4.69) is 17.3 Å². The van der Waals surface area contributed by atoms with Crippen LogP contribution in [0.4, 0.5) is 14.5 Å². The van der Waals surface area contributed by atoms with Gasteiger partial charge >= 0.3 is 0 Å². The standard InChI is InChI=1S/C14H17F2N3/c1-3-4-19-9-14(10(2)18-19)17-8-11-5-12(15)7-13(16)6-11/h5-7,9,17H,3-4,8H2,1-2H3. The Balaban J connectivity index is 2.05. The molecule has 102 valence electrons. The quantitative estimate of drug-likeness (QED) is 0.896. The fourth-order valence-electron chi connectivity index (χ4n) is 1.95. The minimum Gasteiger partial charge on any atom is -0.378 e. The Labute approximate surface area is 111 Å². The van der Waals surface area contributed by atoms with E-state index in [1.807, 2.05) is 17.8 Å². The summed E-state index contributed by atoms with van der Waals surface area (Å²) in [5.74, 6) is -1.12. The first-order valence-corrected chi connectivity index (χ1v) is 6.31. The van der Waals surface area contributed by atoms with Crippen molar-refractivity contribution in [3.63, 3.8) is 0 Å². The maximum Gasteiger partial charge on any atom is 0.126 e. The predicted molar refractivity (Wildman–Crippen MR) is 70.9 cm³/mol. The zero-order valence-electron chi connectivity index (χ0n) is 11.1. The Morgan fingerprint density at radius 3 is 2.53 bits per heavy atom. The van der Waals surface area contributed by atoms with E-state index >= 15 is 0 Å². The van der Waals surface area contributed by atoms with Gasteiger partial charge in [0.15, 0.2) is 0 Å². The van der Waals surface area contributed by atoms with Crippen LogP contribution in [0, 0.1) is 18.6 Å². The van der Waals surface area contributed by atoms with Crippen molar-refractivity contribution in [2.24, 2.45) is 0 Å². The fraction of sp³-hybridized carbons (Fsp3) is 0.357. The highest BCUT2D eigenvalue weighted by atomic mass is 19.1. The summed E-state index contributed by atoms with van der Waals surface area (Å²) in [4.78, 5) is 0. The normalized spacial score (nSPS) is 10.7. The molecule has 0 aliphatic heterocycles. The minimum absolute atomic E-state index is 0.368. The van der Waals surface area contributed by atoms with Gasteiger partial charge in [0.25, 0.3) is 0 Å². The molecule has 2 aromatic rings. The summed E-state index contributed by atoms with van der Waals surface area (Å²) in [7, 11) is 0. The molecule has 1 aromatic heterocycles. The monoisotopic (exact) mass is 265 g/mol. The number of hydrogen-bond donors (Lipinski definition) is 1. The molecule has 0 amide bonds. The van der Waals surface area contributed by atoms with Gasteiger partial charge in [-0.2, -0.15) is 5.10 Å². The summed E-state index contributed by atoms with van der Waals surface area (Å²) in [6, 6.07) is 3.51. The van der Waals surface area contributed by atoms with Crippen molar-refractivity contribution in [2.45, 2.75) is 33.4 Å². The average molecular weight is 265 g/mol. The third-order valence-corrected chi connectivity index (χ3v) is 2.80. The predicted octanol–water partition coefficient (Wildman–Crippen LogP) is 3.49. The molecule has 0 aliphatic carbocycles. The maximum absolute atomic E-state index is 13.1. The van der Waals surface area contributed by atoms with Gasteiger partial charge in [-0.15, -0.1) is 0 Å². The summed E-state index contributed by atoms with van der Waals surface area (Å²) in [6.45, 7) is 5.21. The van der Waals surface area contributed by atoms with Gasteiger partial charge in [0.2, 0.25) is 0 Å². The Morgan fingerprint density at radius 2 is 1.89 bits per heavy atom. The summed E-state index contributed by atoms with van der Waals surface area (Å²) in [5, 5.41) is 7.50. The van der Waals surface area contributed by atoms with E-state index < -0.39 is 11.6 Å². The SMILES string of the molecule is CCCn1cc(NCc2cc(F)cc(F)c2)c(C)n1. The van der Waals surface area contributed by atoms with Crippen LogP contribution < -0.4 is 5.32 Å². The number of benzene rings is 1. The van der Waals surface area contributed by atoms with Gasteiger partial charge < -0.3 is 5.32 Å². The van der Waals surface area contributed by atoms with Crippen molar-refractivity contribution in [2.75, 3.05) is 5.32 Å². The molecule has 0 radical (unpaired) electrons. The summed E-state index contributed by atoms with van der Waals surface area (Å²) in [5.41, 5.74) is 2.34. The molecule has 19 heavy (non-hydrogen) atoms. The number of halogens is 2. The fourth-order valence-corrected chi connectivity index (χ4v) is 1.95. The molecule has 0 saturated heterocycles. The summed E-state index contributed by atoms with van der Waals surface area (Å²) >= 11 is 0. The summed E-state index contributed by atoms with van der Waals surface area (Å²) < 4.78 is 28.0. The van der Waals surface area contributed by atoms with Crippen LogP contribution in [0.5, 0.6) is 0 Å². The number of rotatable bonds is 5. The van der Waals surface area contributed by atoms with Gasteiger partial charge in [0.05, 0.1) is 11.4 Å². The molecule has 0 fully saturated rings. The number of aromatic nitrogens is 2. The van der Waals surface area contributed by atoms with Crippen LogP contribution in [-0.4, -0.2) is 9.78 Å². The van der Waals surface area contributed by atoms with Crippen molar-refractivity contribution in [3.8, 4) is 0 Å². The Kier molecular flexibility index (Phi) is 4.14. The highest BCUT2D eigenvalue weighted by Crippen LogP contribution is 2.15. The van der Waals surface area contributed by atoms with Crippen LogP contribution in [0.15, 0.2) is 24.4 Å². The lowest BCUT2D eigenvalue weighted by Gasteiger charge is -2.05. The van der Waals surface area contributed by atoms with Gasteiger partial charge in [-0.25, -0.2) is 8.78 Å². The lowest BCUT2D eigenvalue weighted by molar-refractivity contribution is 0.580. The molecule has 0 unspecified atom stereocenters. The van der Waals surface area contributed by atoms with Crippen LogP contribution in [-0.2, 0) is 13.1 Å². The van der Waals surface area contributed by atoms with Gasteiger partial charge in [0, 0.05) is 25.4 Å². The van der Waals surface area contributed by atoms with Gasteiger partial charge in [0.1, 0.15) is 11.6 Å². The van der Waals surface area contributed by atoms with Crippen LogP contribution in [0.25, 0.3) is 0 Å². The molecule has 0 atom stereocenters. The number of hydrogen-bond acceptors (Lipinski definition) is 2. The first-order chi connectivity index (χ1) is 9.08. The lowest BCUT2D eigenvalue weighted by atomic mass is 10.2. The molecule has 3 nitrogen and oxygen atoms in total. The second-order valence-corrected chi connectivity index (χ2v) is 4.52. The average Bonchev–Trinajstić information content (AvgIpc) is 2.66. The first kappa shape index (κ1) is 13.5. The first-order valence-electron chi connectivity index (χ1n) is 6.31. The molecule has 1 heterocycles. The van der Waals surface area contributed by atoms with Gasteiger partial charge in [-0.3, -0.25) is 4.68 Å². The minimum atomic E-state index is -0.560. The zero-order chi connectivity index (χ0) is 13.8. The highest BCUT2D eigenvalue weighted by Gasteiger charge is 2.05. The molecule has 5 heteroatoms. The van der Waals surface area contributed by atoms with Crippen LogP contribution in [0.2, 0.25) is 0 Å². The number of aryl methyl sites for hydroxylation is 2. The van der Waals surface area contributed by atoms with E-state index in [9.17, 15) is 8.78 Å². The Hall–Kier alpha value is -1.91.